The third kappa shape index (κ3) is 3.84. The van der Waals surface area contributed by atoms with E-state index in [4.69, 9.17) is 17.0 Å². The van der Waals surface area contributed by atoms with Crippen molar-refractivity contribution in [1.29, 1.82) is 0 Å². The zero-order valence-electron chi connectivity index (χ0n) is 15.7. The molecule has 0 unspecified atom stereocenters. The van der Waals surface area contributed by atoms with Crippen LogP contribution in [0.4, 0.5) is 5.69 Å². The number of anilines is 1. The molecule has 1 amide bonds. The lowest BCUT2D eigenvalue weighted by molar-refractivity contribution is -0.116. The molecule has 0 aliphatic heterocycles. The van der Waals surface area contributed by atoms with Crippen LogP contribution in [0.5, 0.6) is 5.75 Å². The average molecular weight is 395 g/mol. The van der Waals surface area contributed by atoms with Gasteiger partial charge in [0.15, 0.2) is 10.6 Å². The molecule has 1 aromatic heterocycles. The van der Waals surface area contributed by atoms with Crippen molar-refractivity contribution in [2.75, 3.05) is 11.9 Å². The van der Waals surface area contributed by atoms with Crippen LogP contribution in [0.3, 0.4) is 0 Å². The van der Waals surface area contributed by atoms with Crippen LogP contribution in [0, 0.1) is 4.77 Å². The van der Waals surface area contributed by atoms with E-state index in [-0.39, 0.29) is 12.5 Å². The predicted molar refractivity (Wildman–Crippen MR) is 111 cm³/mol. The Morgan fingerprint density at radius 3 is 2.79 bits per heavy atom. The fraction of sp³-hybridized carbons (Fsp3) is 0.286. The zero-order chi connectivity index (χ0) is 19.5. The highest BCUT2D eigenvalue weighted by Gasteiger charge is 2.15. The van der Waals surface area contributed by atoms with Gasteiger partial charge in [0.2, 0.25) is 5.91 Å². The van der Waals surface area contributed by atoms with Crippen molar-refractivity contribution in [2.24, 2.45) is 0 Å². The van der Waals surface area contributed by atoms with Gasteiger partial charge in [-0.1, -0.05) is 6.07 Å². The van der Waals surface area contributed by atoms with Gasteiger partial charge in [-0.3, -0.25) is 14.5 Å². The van der Waals surface area contributed by atoms with Crippen molar-refractivity contribution in [3.8, 4) is 17.1 Å². The van der Waals surface area contributed by atoms with Crippen molar-refractivity contribution < 1.29 is 9.53 Å². The monoisotopic (exact) mass is 394 g/mol. The first kappa shape index (κ1) is 18.4. The number of carbonyl (C=O) groups excluding carboxylic acids is 1. The van der Waals surface area contributed by atoms with Gasteiger partial charge in [0.25, 0.3) is 0 Å². The lowest BCUT2D eigenvalue weighted by atomic mass is 10.1. The number of hydrogen-bond acceptors (Lipinski definition) is 4. The van der Waals surface area contributed by atoms with Crippen molar-refractivity contribution in [3.63, 3.8) is 0 Å². The Morgan fingerprint density at radius 1 is 1.21 bits per heavy atom. The van der Waals surface area contributed by atoms with E-state index in [1.54, 1.807) is 4.57 Å². The van der Waals surface area contributed by atoms with E-state index in [0.717, 1.165) is 29.8 Å². The van der Waals surface area contributed by atoms with Crippen LogP contribution in [0.15, 0.2) is 42.5 Å². The number of nitrogens with zero attached hydrogens (tertiary/aromatic N) is 2. The normalized spacial score (nSPS) is 12.6. The molecule has 4 rings (SSSR count). The minimum Gasteiger partial charge on any atom is -0.494 e. The van der Waals surface area contributed by atoms with Gasteiger partial charge in [0.1, 0.15) is 12.3 Å². The Bertz CT molecular complexity index is 1050. The van der Waals surface area contributed by atoms with Gasteiger partial charge in [0, 0.05) is 11.3 Å². The number of aromatic nitrogens is 3. The van der Waals surface area contributed by atoms with Crippen molar-refractivity contribution in [2.45, 2.75) is 32.7 Å². The van der Waals surface area contributed by atoms with Crippen LogP contribution in [-0.4, -0.2) is 27.3 Å². The number of fused-ring (bicyclic) bond motifs is 1. The fourth-order valence-corrected chi connectivity index (χ4v) is 3.74. The second kappa shape index (κ2) is 7.98. The quantitative estimate of drug-likeness (QED) is 0.617. The topological polar surface area (TPSA) is 71.9 Å². The van der Waals surface area contributed by atoms with Gasteiger partial charge in [-0.2, -0.15) is 5.10 Å². The molecule has 0 radical (unpaired) electrons. The van der Waals surface area contributed by atoms with E-state index in [2.05, 4.69) is 27.6 Å². The summed E-state index contributed by atoms with van der Waals surface area (Å²) in [6, 6.07) is 13.7. The number of hydrogen-bond donors (Lipinski definition) is 2. The first-order valence-electron chi connectivity index (χ1n) is 9.44. The largest absolute Gasteiger partial charge is 0.494 e. The minimum atomic E-state index is -0.136. The Hall–Kier alpha value is -2.93. The number of benzene rings is 2. The Kier molecular flexibility index (Phi) is 5.25. The van der Waals surface area contributed by atoms with Gasteiger partial charge >= 0.3 is 0 Å². The summed E-state index contributed by atoms with van der Waals surface area (Å²) in [5.41, 5.74) is 4.39. The number of nitrogens with one attached hydrogen (secondary N) is 2. The molecule has 6 nitrogen and oxygen atoms in total. The zero-order valence-corrected chi connectivity index (χ0v) is 16.5. The third-order valence-corrected chi connectivity index (χ3v) is 5.18. The summed E-state index contributed by atoms with van der Waals surface area (Å²) in [6.07, 6.45) is 3.38. The highest BCUT2D eigenvalue weighted by Crippen LogP contribution is 2.25. The van der Waals surface area contributed by atoms with E-state index < -0.39 is 0 Å². The maximum absolute atomic E-state index is 12.6. The molecule has 1 heterocycles. The highest BCUT2D eigenvalue weighted by molar-refractivity contribution is 7.71. The number of aryl methyl sites for hydroxylation is 2. The summed E-state index contributed by atoms with van der Waals surface area (Å²) in [5, 5.41) is 10.1. The number of aromatic amines is 1. The molecule has 0 saturated heterocycles. The lowest BCUT2D eigenvalue weighted by Crippen LogP contribution is -2.19. The molecule has 2 aromatic carbocycles. The molecule has 28 heavy (non-hydrogen) atoms. The van der Waals surface area contributed by atoms with Gasteiger partial charge in [0.05, 0.1) is 6.61 Å². The smallest absolute Gasteiger partial charge is 0.244 e. The Morgan fingerprint density at radius 2 is 2.00 bits per heavy atom. The number of H-pyrrole nitrogens is 1. The summed E-state index contributed by atoms with van der Waals surface area (Å²) in [6.45, 7) is 2.65. The molecule has 144 valence electrons. The van der Waals surface area contributed by atoms with Crippen LogP contribution in [0.1, 0.15) is 24.5 Å². The highest BCUT2D eigenvalue weighted by atomic mass is 32.1. The lowest BCUT2D eigenvalue weighted by Gasteiger charge is -2.10. The molecular weight excluding hydrogens is 372 g/mol. The molecule has 7 heteroatoms. The molecule has 1 aliphatic rings. The van der Waals surface area contributed by atoms with E-state index >= 15 is 0 Å². The average Bonchev–Trinajstić information content (AvgIpc) is 3.29. The van der Waals surface area contributed by atoms with Crippen LogP contribution in [0.2, 0.25) is 0 Å². The Labute approximate surface area is 168 Å². The van der Waals surface area contributed by atoms with Crippen LogP contribution in [0.25, 0.3) is 11.4 Å². The standard InChI is InChI=1S/C21H22N4O2S/c1-2-27-18-10-7-15(8-11-18)20-23-24-21(28)25(20)13-19(26)22-17-9-6-14-4-3-5-16(14)12-17/h6-12H,2-5,13H2,1H3,(H,22,26)(H,24,28). The molecule has 2 N–H and O–H groups in total. The molecule has 0 saturated carbocycles. The predicted octanol–water partition coefficient (Wildman–Crippen LogP) is 4.13. The minimum absolute atomic E-state index is 0.0922. The molecule has 0 spiro atoms. The van der Waals surface area contributed by atoms with Crippen molar-refractivity contribution in [1.82, 2.24) is 14.8 Å². The van der Waals surface area contributed by atoms with Crippen molar-refractivity contribution >= 4 is 23.8 Å². The van der Waals surface area contributed by atoms with E-state index in [0.29, 0.717) is 17.2 Å². The number of carbonyl (C=O) groups is 1. The molecule has 0 bridgehead atoms. The van der Waals surface area contributed by atoms with Crippen LogP contribution < -0.4 is 10.1 Å². The van der Waals surface area contributed by atoms with E-state index in [1.807, 2.05) is 37.3 Å². The molecule has 1 aliphatic carbocycles. The number of ether oxygens (including phenoxy) is 1. The summed E-state index contributed by atoms with van der Waals surface area (Å²) in [4.78, 5) is 12.6. The summed E-state index contributed by atoms with van der Waals surface area (Å²) in [5.74, 6) is 1.28. The van der Waals surface area contributed by atoms with Crippen LogP contribution in [-0.2, 0) is 24.2 Å². The second-order valence-corrected chi connectivity index (χ2v) is 7.17. The summed E-state index contributed by atoms with van der Waals surface area (Å²) >= 11 is 5.33. The first-order valence-corrected chi connectivity index (χ1v) is 9.85. The van der Waals surface area contributed by atoms with Crippen molar-refractivity contribution in [3.05, 3.63) is 58.4 Å². The number of rotatable bonds is 6. The van der Waals surface area contributed by atoms with Gasteiger partial charge in [-0.15, -0.1) is 0 Å². The maximum Gasteiger partial charge on any atom is 0.244 e. The molecule has 3 aromatic rings. The van der Waals surface area contributed by atoms with E-state index in [9.17, 15) is 4.79 Å². The van der Waals surface area contributed by atoms with Gasteiger partial charge in [-0.05, 0) is 85.9 Å². The fourth-order valence-electron chi connectivity index (χ4n) is 3.55. The molecular formula is C21H22N4O2S. The summed E-state index contributed by atoms with van der Waals surface area (Å²) in [7, 11) is 0. The Balaban J connectivity index is 1.51. The van der Waals surface area contributed by atoms with Gasteiger partial charge in [-0.25, -0.2) is 0 Å². The molecule has 0 fully saturated rings. The summed E-state index contributed by atoms with van der Waals surface area (Å²) < 4.78 is 7.59. The van der Waals surface area contributed by atoms with Gasteiger partial charge < -0.3 is 10.1 Å². The SMILES string of the molecule is CCOc1ccc(-c2n[nH]c(=S)n2CC(=O)Nc2ccc3c(c2)CCC3)cc1. The maximum atomic E-state index is 12.6. The second-order valence-electron chi connectivity index (χ2n) is 6.78. The van der Waals surface area contributed by atoms with Crippen LogP contribution >= 0.6 is 12.2 Å². The number of amides is 1. The third-order valence-electron chi connectivity index (χ3n) is 4.87. The molecule has 0 atom stereocenters. The first-order chi connectivity index (χ1) is 13.6. The van der Waals surface area contributed by atoms with E-state index in [1.165, 1.54) is 17.5 Å².